The van der Waals surface area contributed by atoms with Crippen LogP contribution >= 0.6 is 22.7 Å². The van der Waals surface area contributed by atoms with E-state index in [4.69, 9.17) is 4.74 Å². The molecule has 2 aromatic heterocycles. The number of thiophene rings is 1. The van der Waals surface area contributed by atoms with Gasteiger partial charge in [0.15, 0.2) is 0 Å². The summed E-state index contributed by atoms with van der Waals surface area (Å²) < 4.78 is 5.26. The van der Waals surface area contributed by atoms with Crippen LogP contribution in [-0.4, -0.2) is 35.2 Å². The van der Waals surface area contributed by atoms with Crippen LogP contribution in [-0.2, 0) is 22.4 Å². The van der Waals surface area contributed by atoms with Crippen LogP contribution in [0.4, 0.5) is 5.13 Å². The quantitative estimate of drug-likeness (QED) is 0.376. The van der Waals surface area contributed by atoms with Crippen molar-refractivity contribution in [3.63, 3.8) is 0 Å². The van der Waals surface area contributed by atoms with Gasteiger partial charge in [0, 0.05) is 16.9 Å². The van der Waals surface area contributed by atoms with Gasteiger partial charge in [0.05, 0.1) is 13.5 Å². The molecule has 0 aliphatic heterocycles. The van der Waals surface area contributed by atoms with Crippen LogP contribution in [0.15, 0.2) is 72.1 Å². The summed E-state index contributed by atoms with van der Waals surface area (Å²) in [6.45, 7) is 0. The highest BCUT2D eigenvalue weighted by Gasteiger charge is 2.23. The van der Waals surface area contributed by atoms with Gasteiger partial charge in [-0.2, -0.15) is 0 Å². The highest BCUT2D eigenvalue weighted by Crippen LogP contribution is 2.28. The van der Waals surface area contributed by atoms with Gasteiger partial charge in [0.1, 0.15) is 16.8 Å². The predicted octanol–water partition coefficient (Wildman–Crippen LogP) is 4.18. The summed E-state index contributed by atoms with van der Waals surface area (Å²) in [4.78, 5) is 26.6. The zero-order valence-electron chi connectivity index (χ0n) is 17.9. The van der Waals surface area contributed by atoms with Crippen molar-refractivity contribution in [3.05, 3.63) is 82.6 Å². The number of carbonyl (C=O) groups excluding carboxylic acids is 2. The topological polar surface area (TPSA) is 93.2 Å². The fourth-order valence-corrected chi connectivity index (χ4v) is 4.66. The molecule has 168 valence electrons. The molecule has 0 fully saturated rings. The Hall–Kier alpha value is -3.56. The van der Waals surface area contributed by atoms with E-state index in [1.807, 2.05) is 72.1 Å². The summed E-state index contributed by atoms with van der Waals surface area (Å²) >= 11 is 2.77. The van der Waals surface area contributed by atoms with Crippen molar-refractivity contribution in [1.82, 2.24) is 15.5 Å². The van der Waals surface area contributed by atoms with Gasteiger partial charge in [0.2, 0.25) is 16.9 Å². The lowest BCUT2D eigenvalue weighted by atomic mass is 10.1. The van der Waals surface area contributed by atoms with Crippen LogP contribution in [0.25, 0.3) is 10.6 Å². The van der Waals surface area contributed by atoms with Gasteiger partial charge in [-0.1, -0.05) is 59.9 Å². The Morgan fingerprint density at radius 2 is 1.88 bits per heavy atom. The maximum Gasteiger partial charge on any atom is 0.249 e. The first-order valence-corrected chi connectivity index (χ1v) is 11.9. The van der Waals surface area contributed by atoms with E-state index >= 15 is 0 Å². The Labute approximate surface area is 199 Å². The molecule has 2 aromatic carbocycles. The number of aromatic nitrogens is 2. The molecule has 0 spiro atoms. The number of ether oxygens (including phenoxy) is 1. The van der Waals surface area contributed by atoms with Crippen LogP contribution in [0.3, 0.4) is 0 Å². The Morgan fingerprint density at radius 3 is 2.64 bits per heavy atom. The van der Waals surface area contributed by atoms with Crippen LogP contribution in [0.2, 0.25) is 0 Å². The lowest BCUT2D eigenvalue weighted by Gasteiger charge is -2.17. The maximum atomic E-state index is 13.1. The van der Waals surface area contributed by atoms with Crippen molar-refractivity contribution >= 4 is 39.6 Å². The van der Waals surface area contributed by atoms with Gasteiger partial charge < -0.3 is 10.1 Å². The first-order valence-electron chi connectivity index (χ1n) is 10.2. The zero-order chi connectivity index (χ0) is 23.0. The third-order valence-corrected chi connectivity index (χ3v) is 6.59. The molecule has 0 aliphatic carbocycles. The number of carbonyl (C=O) groups is 2. The van der Waals surface area contributed by atoms with Gasteiger partial charge in [-0.3, -0.25) is 14.9 Å². The standard InChI is InChI=1S/C24H22N4O3S2/c1-31-18-10-5-9-17(14-18)23-27-28-24(33-23)26-22(30)20(13-16-7-3-2-4-8-16)25-21(29)15-19-11-6-12-32-19/h2-12,14,20H,13,15H2,1H3,(H,25,29)(H,26,28,30). The van der Waals surface area contributed by atoms with E-state index < -0.39 is 6.04 Å². The minimum atomic E-state index is -0.746. The van der Waals surface area contributed by atoms with Crippen molar-refractivity contribution in [1.29, 1.82) is 0 Å². The zero-order valence-corrected chi connectivity index (χ0v) is 19.5. The highest BCUT2D eigenvalue weighted by atomic mass is 32.1. The summed E-state index contributed by atoms with van der Waals surface area (Å²) in [6.07, 6.45) is 0.597. The molecule has 2 heterocycles. The van der Waals surface area contributed by atoms with E-state index in [1.54, 1.807) is 7.11 Å². The van der Waals surface area contributed by atoms with Crippen LogP contribution < -0.4 is 15.4 Å². The minimum Gasteiger partial charge on any atom is -0.497 e. The first-order chi connectivity index (χ1) is 16.1. The van der Waals surface area contributed by atoms with E-state index in [2.05, 4.69) is 20.8 Å². The third kappa shape index (κ3) is 6.24. The van der Waals surface area contributed by atoms with Gasteiger partial charge in [0.25, 0.3) is 0 Å². The molecular formula is C24H22N4O3S2. The first kappa shape index (κ1) is 22.6. The molecule has 0 saturated carbocycles. The van der Waals surface area contributed by atoms with E-state index in [9.17, 15) is 9.59 Å². The smallest absolute Gasteiger partial charge is 0.249 e. The van der Waals surface area contributed by atoms with Crippen LogP contribution in [0.5, 0.6) is 5.75 Å². The van der Waals surface area contributed by atoms with E-state index in [0.717, 1.165) is 16.0 Å². The van der Waals surface area contributed by atoms with Crippen LogP contribution in [0, 0.1) is 0 Å². The number of methoxy groups -OCH3 is 1. The van der Waals surface area contributed by atoms with E-state index in [0.29, 0.717) is 22.3 Å². The number of hydrogen-bond acceptors (Lipinski definition) is 7. The maximum absolute atomic E-state index is 13.1. The molecule has 2 amide bonds. The number of benzene rings is 2. The van der Waals surface area contributed by atoms with Crippen molar-refractivity contribution in [2.75, 3.05) is 12.4 Å². The molecule has 0 aliphatic rings. The number of nitrogens with one attached hydrogen (secondary N) is 2. The average molecular weight is 479 g/mol. The Kier molecular flexibility index (Phi) is 7.43. The third-order valence-electron chi connectivity index (χ3n) is 4.82. The van der Waals surface area contributed by atoms with Crippen LogP contribution in [0.1, 0.15) is 10.4 Å². The normalized spacial score (nSPS) is 11.5. The van der Waals surface area contributed by atoms with Crippen molar-refractivity contribution in [2.24, 2.45) is 0 Å². The number of amides is 2. The molecule has 1 atom stereocenters. The largest absolute Gasteiger partial charge is 0.497 e. The summed E-state index contributed by atoms with van der Waals surface area (Å²) in [5.74, 6) is 0.166. The molecule has 9 heteroatoms. The molecule has 0 bridgehead atoms. The van der Waals surface area contributed by atoms with Gasteiger partial charge in [-0.15, -0.1) is 21.5 Å². The summed E-state index contributed by atoms with van der Waals surface area (Å²) in [5, 5.41) is 16.9. The lowest BCUT2D eigenvalue weighted by molar-refractivity contribution is -0.126. The monoisotopic (exact) mass is 478 g/mol. The number of rotatable bonds is 9. The molecular weight excluding hydrogens is 456 g/mol. The molecule has 4 aromatic rings. The highest BCUT2D eigenvalue weighted by molar-refractivity contribution is 7.18. The lowest BCUT2D eigenvalue weighted by Crippen LogP contribution is -2.45. The predicted molar refractivity (Wildman–Crippen MR) is 131 cm³/mol. The Morgan fingerprint density at radius 1 is 1.03 bits per heavy atom. The molecule has 0 radical (unpaired) electrons. The molecule has 7 nitrogen and oxygen atoms in total. The second kappa shape index (κ2) is 10.8. The molecule has 4 rings (SSSR count). The van der Waals surface area contributed by atoms with Crippen molar-refractivity contribution < 1.29 is 14.3 Å². The summed E-state index contributed by atoms with van der Waals surface area (Å²) in [7, 11) is 1.60. The number of anilines is 1. The van der Waals surface area contributed by atoms with Gasteiger partial charge >= 0.3 is 0 Å². The SMILES string of the molecule is COc1cccc(-c2nnc(NC(=O)C(Cc3ccccc3)NC(=O)Cc3cccs3)s2)c1. The summed E-state index contributed by atoms with van der Waals surface area (Å²) in [5.41, 5.74) is 1.79. The average Bonchev–Trinajstić information content (AvgIpc) is 3.51. The molecule has 0 saturated heterocycles. The van der Waals surface area contributed by atoms with Gasteiger partial charge in [-0.25, -0.2) is 0 Å². The fourth-order valence-electron chi connectivity index (χ4n) is 3.21. The van der Waals surface area contributed by atoms with Crippen molar-refractivity contribution in [2.45, 2.75) is 18.9 Å². The fraction of sp³-hybridized carbons (Fsp3) is 0.167. The van der Waals surface area contributed by atoms with E-state index in [-0.39, 0.29) is 18.2 Å². The van der Waals surface area contributed by atoms with Gasteiger partial charge in [-0.05, 0) is 29.1 Å². The number of hydrogen-bond donors (Lipinski definition) is 2. The second-order valence-electron chi connectivity index (χ2n) is 7.20. The Balaban J connectivity index is 1.47. The number of nitrogens with zero attached hydrogens (tertiary/aromatic N) is 2. The molecule has 33 heavy (non-hydrogen) atoms. The molecule has 1 unspecified atom stereocenters. The van der Waals surface area contributed by atoms with E-state index in [1.165, 1.54) is 22.7 Å². The summed E-state index contributed by atoms with van der Waals surface area (Å²) in [6, 6.07) is 20.1. The Bertz CT molecular complexity index is 1210. The second-order valence-corrected chi connectivity index (χ2v) is 9.21. The minimum absolute atomic E-state index is 0.206. The molecule has 2 N–H and O–H groups in total. The van der Waals surface area contributed by atoms with Crippen molar-refractivity contribution in [3.8, 4) is 16.3 Å².